The lowest BCUT2D eigenvalue weighted by atomic mass is 9.99. The van der Waals surface area contributed by atoms with E-state index in [1.165, 1.54) is 24.7 Å². The number of benzene rings is 2. The molecule has 1 aliphatic carbocycles. The summed E-state index contributed by atoms with van der Waals surface area (Å²) in [5.41, 5.74) is 5.92. The van der Waals surface area contributed by atoms with Crippen molar-refractivity contribution in [2.75, 3.05) is 19.7 Å². The number of ether oxygens (including phenoxy) is 1. The highest BCUT2D eigenvalue weighted by atomic mass is 16.5. The third kappa shape index (κ3) is 4.35. The molecular weight excluding hydrogens is 454 g/mol. The maximum atomic E-state index is 13.3. The van der Waals surface area contributed by atoms with Crippen molar-refractivity contribution in [3.05, 3.63) is 83.9 Å². The number of nitrogens with zero attached hydrogens (tertiary/aromatic N) is 5. The summed E-state index contributed by atoms with van der Waals surface area (Å²) in [5, 5.41) is 14.2. The zero-order valence-corrected chi connectivity index (χ0v) is 19.9. The standard InChI is InChI=1S/C28H27N5O3/c34-16-15-32-13-14-33-27(28(32)35)25(26(31-33)24-11-12-29-18-30-24)22-7-9-23(10-8-22)36-17-19-1-3-20(4-2-19)21-5-6-21/h1-4,7-12,18,21,34H,5-6,13-17H2. The zero-order chi connectivity index (χ0) is 24.5. The van der Waals surface area contributed by atoms with Crippen LogP contribution in [-0.4, -0.2) is 55.4 Å². The Morgan fingerprint density at radius 1 is 1.00 bits per heavy atom. The molecule has 1 fully saturated rings. The Morgan fingerprint density at radius 2 is 1.81 bits per heavy atom. The zero-order valence-electron chi connectivity index (χ0n) is 19.9. The van der Waals surface area contributed by atoms with Crippen molar-refractivity contribution in [3.8, 4) is 28.3 Å². The van der Waals surface area contributed by atoms with Gasteiger partial charge < -0.3 is 14.7 Å². The Hall–Kier alpha value is -4.04. The average Bonchev–Trinajstić information content (AvgIpc) is 3.70. The molecule has 2 aliphatic rings. The lowest BCUT2D eigenvalue weighted by Gasteiger charge is -2.27. The smallest absolute Gasteiger partial charge is 0.272 e. The molecule has 3 heterocycles. The number of amides is 1. The summed E-state index contributed by atoms with van der Waals surface area (Å²) in [6, 6.07) is 18.2. The molecule has 1 N–H and O–H groups in total. The van der Waals surface area contributed by atoms with E-state index in [4.69, 9.17) is 9.84 Å². The van der Waals surface area contributed by atoms with E-state index in [1.54, 1.807) is 21.8 Å². The number of carbonyl (C=O) groups is 1. The fourth-order valence-electron chi connectivity index (χ4n) is 4.71. The van der Waals surface area contributed by atoms with E-state index in [9.17, 15) is 9.90 Å². The van der Waals surface area contributed by atoms with Crippen molar-refractivity contribution in [1.82, 2.24) is 24.6 Å². The topological polar surface area (TPSA) is 93.4 Å². The quantitative estimate of drug-likeness (QED) is 0.410. The van der Waals surface area contributed by atoms with Crippen molar-refractivity contribution in [2.24, 2.45) is 0 Å². The van der Waals surface area contributed by atoms with Gasteiger partial charge in [0.15, 0.2) is 0 Å². The number of hydrogen-bond acceptors (Lipinski definition) is 6. The maximum Gasteiger partial charge on any atom is 0.272 e. The molecular formula is C28H27N5O3. The Balaban J connectivity index is 1.28. The summed E-state index contributed by atoms with van der Waals surface area (Å²) in [6.45, 7) is 1.77. The number of hydrogen-bond donors (Lipinski definition) is 1. The molecule has 36 heavy (non-hydrogen) atoms. The van der Waals surface area contributed by atoms with E-state index < -0.39 is 0 Å². The van der Waals surface area contributed by atoms with Gasteiger partial charge in [-0.2, -0.15) is 5.10 Å². The number of β-amino-alcohol motifs (C(OH)–C–C–N with tert-alkyl or cyclic N) is 1. The normalized spacial score (nSPS) is 15.1. The fraction of sp³-hybridized carbons (Fsp3) is 0.286. The van der Waals surface area contributed by atoms with Gasteiger partial charge in [-0.05, 0) is 53.6 Å². The lowest BCUT2D eigenvalue weighted by molar-refractivity contribution is 0.0662. The lowest BCUT2D eigenvalue weighted by Crippen LogP contribution is -2.42. The molecule has 0 saturated heterocycles. The first kappa shape index (κ1) is 22.4. The van der Waals surface area contributed by atoms with E-state index >= 15 is 0 Å². The molecule has 0 radical (unpaired) electrons. The molecule has 8 heteroatoms. The van der Waals surface area contributed by atoms with E-state index in [0.717, 1.165) is 28.4 Å². The van der Waals surface area contributed by atoms with E-state index in [0.29, 0.717) is 43.3 Å². The molecule has 0 spiro atoms. The second kappa shape index (κ2) is 9.54. The molecule has 0 unspecified atom stereocenters. The first-order valence-corrected chi connectivity index (χ1v) is 12.3. The minimum absolute atomic E-state index is 0.0800. The van der Waals surface area contributed by atoms with Gasteiger partial charge in [0.25, 0.3) is 5.91 Å². The molecule has 1 amide bonds. The summed E-state index contributed by atoms with van der Waals surface area (Å²) in [5.74, 6) is 1.35. The van der Waals surface area contributed by atoms with Crippen molar-refractivity contribution >= 4 is 5.91 Å². The summed E-state index contributed by atoms with van der Waals surface area (Å²) in [4.78, 5) is 23.4. The first-order valence-electron chi connectivity index (χ1n) is 12.3. The highest BCUT2D eigenvalue weighted by Gasteiger charge is 2.32. The van der Waals surface area contributed by atoms with Gasteiger partial charge in [-0.1, -0.05) is 36.4 Å². The van der Waals surface area contributed by atoms with Gasteiger partial charge >= 0.3 is 0 Å². The van der Waals surface area contributed by atoms with Crippen molar-refractivity contribution in [1.29, 1.82) is 0 Å². The predicted octanol–water partition coefficient (Wildman–Crippen LogP) is 3.91. The molecule has 1 saturated carbocycles. The highest BCUT2D eigenvalue weighted by molar-refractivity contribution is 6.03. The highest BCUT2D eigenvalue weighted by Crippen LogP contribution is 2.40. The molecule has 0 bridgehead atoms. The molecule has 1 aliphatic heterocycles. The van der Waals surface area contributed by atoms with Crippen molar-refractivity contribution in [2.45, 2.75) is 31.9 Å². The van der Waals surface area contributed by atoms with Crippen molar-refractivity contribution < 1.29 is 14.6 Å². The van der Waals surface area contributed by atoms with Gasteiger partial charge in [0.1, 0.15) is 30.1 Å². The van der Waals surface area contributed by atoms with Gasteiger partial charge in [-0.15, -0.1) is 0 Å². The Kier molecular flexibility index (Phi) is 5.95. The molecule has 4 aromatic rings. The fourth-order valence-corrected chi connectivity index (χ4v) is 4.71. The molecule has 6 rings (SSSR count). The summed E-state index contributed by atoms with van der Waals surface area (Å²) in [6.07, 6.45) is 5.74. The van der Waals surface area contributed by atoms with Crippen LogP contribution in [0.3, 0.4) is 0 Å². The van der Waals surface area contributed by atoms with Crippen LogP contribution >= 0.6 is 0 Å². The Labute approximate surface area is 209 Å². The summed E-state index contributed by atoms with van der Waals surface area (Å²) >= 11 is 0. The number of aromatic nitrogens is 4. The minimum Gasteiger partial charge on any atom is -0.489 e. The molecule has 2 aromatic carbocycles. The molecule has 182 valence electrons. The van der Waals surface area contributed by atoms with Crippen molar-refractivity contribution in [3.63, 3.8) is 0 Å². The molecule has 2 aromatic heterocycles. The van der Waals surface area contributed by atoms with Gasteiger partial charge in [0.2, 0.25) is 0 Å². The van der Waals surface area contributed by atoms with Crippen LogP contribution in [-0.2, 0) is 13.2 Å². The maximum absolute atomic E-state index is 13.3. The summed E-state index contributed by atoms with van der Waals surface area (Å²) < 4.78 is 7.78. The van der Waals surface area contributed by atoms with Crippen LogP contribution in [0.25, 0.3) is 22.5 Å². The largest absolute Gasteiger partial charge is 0.489 e. The minimum atomic E-state index is -0.145. The number of aliphatic hydroxyl groups excluding tert-OH is 1. The number of rotatable bonds is 8. The number of aliphatic hydroxyl groups is 1. The van der Waals surface area contributed by atoms with Crippen LogP contribution in [0, 0.1) is 0 Å². The number of carbonyl (C=O) groups excluding carboxylic acids is 1. The molecule has 0 atom stereocenters. The molecule has 8 nitrogen and oxygen atoms in total. The van der Waals surface area contributed by atoms with E-state index in [-0.39, 0.29) is 12.5 Å². The number of fused-ring (bicyclic) bond motifs is 1. The second-order valence-corrected chi connectivity index (χ2v) is 9.23. The van der Waals surface area contributed by atoms with Gasteiger partial charge in [0.05, 0.1) is 18.8 Å². The third-order valence-electron chi connectivity index (χ3n) is 6.80. The van der Waals surface area contributed by atoms with Crippen LogP contribution < -0.4 is 4.74 Å². The predicted molar refractivity (Wildman–Crippen MR) is 134 cm³/mol. The van der Waals surface area contributed by atoms with Crippen LogP contribution in [0.15, 0.2) is 67.1 Å². The van der Waals surface area contributed by atoms with Crippen LogP contribution in [0.1, 0.15) is 40.4 Å². The van der Waals surface area contributed by atoms with Crippen LogP contribution in [0.4, 0.5) is 0 Å². The Bertz CT molecular complexity index is 1360. The Morgan fingerprint density at radius 3 is 2.50 bits per heavy atom. The van der Waals surface area contributed by atoms with Crippen LogP contribution in [0.5, 0.6) is 5.75 Å². The van der Waals surface area contributed by atoms with Gasteiger partial charge in [-0.3, -0.25) is 9.48 Å². The van der Waals surface area contributed by atoms with E-state index in [1.807, 2.05) is 24.3 Å². The summed E-state index contributed by atoms with van der Waals surface area (Å²) in [7, 11) is 0. The SMILES string of the molecule is O=C1c2c(-c3ccc(OCc4ccc(C5CC5)cc4)cc3)c(-c3ccncn3)nn2CCN1CCO. The van der Waals surface area contributed by atoms with Gasteiger partial charge in [-0.25, -0.2) is 9.97 Å². The van der Waals surface area contributed by atoms with E-state index in [2.05, 4.69) is 34.2 Å². The van der Waals surface area contributed by atoms with Gasteiger partial charge in [0, 0.05) is 24.8 Å². The average molecular weight is 482 g/mol. The second-order valence-electron chi connectivity index (χ2n) is 9.23. The van der Waals surface area contributed by atoms with Crippen LogP contribution in [0.2, 0.25) is 0 Å². The first-order chi connectivity index (χ1) is 17.7. The third-order valence-corrected chi connectivity index (χ3v) is 6.80. The monoisotopic (exact) mass is 481 g/mol.